The number of para-hydroxylation sites is 1. The zero-order chi connectivity index (χ0) is 13.9. The molecule has 0 aliphatic carbocycles. The normalized spacial score (nSPS) is 19.5. The van der Waals surface area contributed by atoms with Crippen LogP contribution in [0.15, 0.2) is 24.3 Å². The van der Waals surface area contributed by atoms with Crippen LogP contribution in [0.2, 0.25) is 0 Å². The van der Waals surface area contributed by atoms with Gasteiger partial charge in [0.15, 0.2) is 0 Å². The molecule has 3 nitrogen and oxygen atoms in total. The standard InChI is InChI=1S/C16H23N3/c1-16(2,3)14-6-4-5-7-15(14)19-11-8-13(12-19)18-10-9-17/h4-7,13,18H,8,10-12H2,1-3H3. The van der Waals surface area contributed by atoms with Crippen molar-refractivity contribution in [3.05, 3.63) is 29.8 Å². The molecule has 1 heterocycles. The molecule has 0 aromatic heterocycles. The average Bonchev–Trinajstić information content (AvgIpc) is 2.84. The summed E-state index contributed by atoms with van der Waals surface area (Å²) >= 11 is 0. The van der Waals surface area contributed by atoms with Crippen LogP contribution in [0.5, 0.6) is 0 Å². The van der Waals surface area contributed by atoms with Gasteiger partial charge in [0.1, 0.15) is 0 Å². The molecule has 1 aromatic rings. The molecule has 1 aliphatic rings. The number of benzene rings is 1. The third-order valence-corrected chi connectivity index (χ3v) is 3.71. The van der Waals surface area contributed by atoms with Gasteiger partial charge in [-0.1, -0.05) is 39.0 Å². The van der Waals surface area contributed by atoms with E-state index in [1.165, 1.54) is 11.3 Å². The number of nitrogens with zero attached hydrogens (tertiary/aromatic N) is 2. The zero-order valence-corrected chi connectivity index (χ0v) is 12.1. The maximum absolute atomic E-state index is 8.63. The number of nitriles is 1. The van der Waals surface area contributed by atoms with Crippen LogP contribution in [0.25, 0.3) is 0 Å². The van der Waals surface area contributed by atoms with Crippen LogP contribution >= 0.6 is 0 Å². The monoisotopic (exact) mass is 257 g/mol. The Bertz CT molecular complexity index is 468. The quantitative estimate of drug-likeness (QED) is 0.846. The molecular formula is C16H23N3. The molecule has 2 rings (SSSR count). The highest BCUT2D eigenvalue weighted by Gasteiger charge is 2.26. The van der Waals surface area contributed by atoms with E-state index in [9.17, 15) is 0 Å². The van der Waals surface area contributed by atoms with Crippen molar-refractivity contribution in [3.8, 4) is 6.07 Å². The first-order valence-electron chi connectivity index (χ1n) is 6.97. The zero-order valence-electron chi connectivity index (χ0n) is 12.1. The van der Waals surface area contributed by atoms with Crippen molar-refractivity contribution < 1.29 is 0 Å². The van der Waals surface area contributed by atoms with Crippen LogP contribution in [0.3, 0.4) is 0 Å². The van der Waals surface area contributed by atoms with Crippen LogP contribution in [0.4, 0.5) is 5.69 Å². The largest absolute Gasteiger partial charge is 0.370 e. The lowest BCUT2D eigenvalue weighted by Gasteiger charge is -2.28. The summed E-state index contributed by atoms with van der Waals surface area (Å²) in [4.78, 5) is 2.44. The molecule has 19 heavy (non-hydrogen) atoms. The molecule has 1 N–H and O–H groups in total. The average molecular weight is 257 g/mol. The summed E-state index contributed by atoms with van der Waals surface area (Å²) in [7, 11) is 0. The molecular weight excluding hydrogens is 234 g/mol. The smallest absolute Gasteiger partial charge is 0.0843 e. The van der Waals surface area contributed by atoms with Gasteiger partial charge in [0.2, 0.25) is 0 Å². The third kappa shape index (κ3) is 3.27. The predicted molar refractivity (Wildman–Crippen MR) is 79.4 cm³/mol. The van der Waals surface area contributed by atoms with Crippen LogP contribution in [0, 0.1) is 11.3 Å². The Morgan fingerprint density at radius 2 is 2.11 bits per heavy atom. The summed E-state index contributed by atoms with van der Waals surface area (Å²) in [5.41, 5.74) is 2.90. The summed E-state index contributed by atoms with van der Waals surface area (Å²) < 4.78 is 0. The van der Waals surface area contributed by atoms with E-state index >= 15 is 0 Å². The van der Waals surface area contributed by atoms with Gasteiger partial charge in [-0.2, -0.15) is 5.26 Å². The van der Waals surface area contributed by atoms with Gasteiger partial charge in [-0.15, -0.1) is 0 Å². The van der Waals surface area contributed by atoms with Gasteiger partial charge in [-0.05, 0) is 23.5 Å². The van der Waals surface area contributed by atoms with Crippen molar-refractivity contribution in [1.82, 2.24) is 5.32 Å². The van der Waals surface area contributed by atoms with E-state index < -0.39 is 0 Å². The summed E-state index contributed by atoms with van der Waals surface area (Å²) in [6.07, 6.45) is 1.11. The van der Waals surface area contributed by atoms with Crippen molar-refractivity contribution in [1.29, 1.82) is 5.26 Å². The van der Waals surface area contributed by atoms with Gasteiger partial charge in [-0.25, -0.2) is 0 Å². The second kappa shape index (κ2) is 5.63. The number of rotatable bonds is 3. The molecule has 0 spiro atoms. The molecule has 0 radical (unpaired) electrons. The maximum atomic E-state index is 8.63. The minimum Gasteiger partial charge on any atom is -0.370 e. The van der Waals surface area contributed by atoms with E-state index in [4.69, 9.17) is 5.26 Å². The number of hydrogen-bond acceptors (Lipinski definition) is 3. The first kappa shape index (κ1) is 13.9. The first-order valence-corrected chi connectivity index (χ1v) is 6.97. The fourth-order valence-corrected chi connectivity index (χ4v) is 2.72. The Hall–Kier alpha value is -1.53. The van der Waals surface area contributed by atoms with Crippen LogP contribution in [-0.2, 0) is 5.41 Å². The van der Waals surface area contributed by atoms with E-state index in [1.54, 1.807) is 0 Å². The highest BCUT2D eigenvalue weighted by atomic mass is 15.2. The Morgan fingerprint density at radius 1 is 1.37 bits per heavy atom. The van der Waals surface area contributed by atoms with Gasteiger partial charge < -0.3 is 4.90 Å². The van der Waals surface area contributed by atoms with Crippen molar-refractivity contribution in [2.75, 3.05) is 24.5 Å². The summed E-state index contributed by atoms with van der Waals surface area (Å²) in [6.45, 7) is 9.28. The van der Waals surface area contributed by atoms with Crippen molar-refractivity contribution in [3.63, 3.8) is 0 Å². The van der Waals surface area contributed by atoms with Gasteiger partial charge in [0, 0.05) is 24.8 Å². The molecule has 0 bridgehead atoms. The lowest BCUT2D eigenvalue weighted by atomic mass is 9.85. The lowest BCUT2D eigenvalue weighted by Crippen LogP contribution is -2.33. The van der Waals surface area contributed by atoms with Gasteiger partial charge >= 0.3 is 0 Å². The number of anilines is 1. The molecule has 1 saturated heterocycles. The Morgan fingerprint density at radius 3 is 2.79 bits per heavy atom. The highest BCUT2D eigenvalue weighted by molar-refractivity contribution is 5.57. The molecule has 1 aromatic carbocycles. The molecule has 0 amide bonds. The second-order valence-corrected chi connectivity index (χ2v) is 6.24. The van der Waals surface area contributed by atoms with E-state index in [-0.39, 0.29) is 5.41 Å². The topological polar surface area (TPSA) is 39.1 Å². The molecule has 1 aliphatic heterocycles. The first-order chi connectivity index (χ1) is 9.02. The molecule has 1 atom stereocenters. The Labute approximate surface area is 116 Å². The van der Waals surface area contributed by atoms with Crippen LogP contribution in [0.1, 0.15) is 32.8 Å². The second-order valence-electron chi connectivity index (χ2n) is 6.24. The minimum atomic E-state index is 0.161. The Balaban J connectivity index is 2.14. The Kier molecular flexibility index (Phi) is 4.11. The number of hydrogen-bond donors (Lipinski definition) is 1. The van der Waals surface area contributed by atoms with Crippen molar-refractivity contribution in [2.24, 2.45) is 0 Å². The van der Waals surface area contributed by atoms with Crippen LogP contribution < -0.4 is 10.2 Å². The van der Waals surface area contributed by atoms with Crippen LogP contribution in [-0.4, -0.2) is 25.7 Å². The fraction of sp³-hybridized carbons (Fsp3) is 0.562. The molecule has 3 heteroatoms. The lowest BCUT2D eigenvalue weighted by molar-refractivity contribution is 0.582. The SMILES string of the molecule is CC(C)(C)c1ccccc1N1CCC(NCC#N)C1. The third-order valence-electron chi connectivity index (χ3n) is 3.71. The molecule has 102 valence electrons. The maximum Gasteiger partial charge on any atom is 0.0843 e. The molecule has 0 saturated carbocycles. The minimum absolute atomic E-state index is 0.161. The highest BCUT2D eigenvalue weighted by Crippen LogP contribution is 2.33. The van der Waals surface area contributed by atoms with E-state index in [0.29, 0.717) is 12.6 Å². The van der Waals surface area contributed by atoms with Crippen molar-refractivity contribution >= 4 is 5.69 Å². The van der Waals surface area contributed by atoms with E-state index in [2.05, 4.69) is 61.3 Å². The van der Waals surface area contributed by atoms with Crippen molar-refractivity contribution in [2.45, 2.75) is 38.6 Å². The summed E-state index contributed by atoms with van der Waals surface area (Å²) in [5, 5.41) is 11.9. The molecule has 1 fully saturated rings. The molecule has 1 unspecified atom stereocenters. The predicted octanol–water partition coefficient (Wildman–Crippen LogP) is 2.68. The van der Waals surface area contributed by atoms with Gasteiger partial charge in [-0.3, -0.25) is 5.32 Å². The summed E-state index contributed by atoms with van der Waals surface area (Å²) in [5.74, 6) is 0. The van der Waals surface area contributed by atoms with E-state index in [0.717, 1.165) is 19.5 Å². The van der Waals surface area contributed by atoms with E-state index in [1.807, 2.05) is 0 Å². The summed E-state index contributed by atoms with van der Waals surface area (Å²) in [6, 6.07) is 11.3. The number of nitrogens with one attached hydrogen (secondary N) is 1. The fourth-order valence-electron chi connectivity index (χ4n) is 2.72. The van der Waals surface area contributed by atoms with Gasteiger partial charge in [0.05, 0.1) is 12.6 Å². The van der Waals surface area contributed by atoms with Gasteiger partial charge in [0.25, 0.3) is 0 Å².